The van der Waals surface area contributed by atoms with Gasteiger partial charge in [0.05, 0.1) is 28.5 Å². The third-order valence-corrected chi connectivity index (χ3v) is 5.12. The third-order valence-electron chi connectivity index (χ3n) is 5.12. The predicted octanol–water partition coefficient (Wildman–Crippen LogP) is 3.51. The molecule has 0 amide bonds. The van der Waals surface area contributed by atoms with Crippen LogP contribution in [0.5, 0.6) is 5.75 Å². The van der Waals surface area contributed by atoms with Crippen molar-refractivity contribution in [2.75, 3.05) is 6.54 Å². The van der Waals surface area contributed by atoms with Gasteiger partial charge in [-0.25, -0.2) is 9.97 Å². The molecule has 1 aliphatic rings. The number of aryl methyl sites for hydroxylation is 2. The first-order chi connectivity index (χ1) is 13.3. The summed E-state index contributed by atoms with van der Waals surface area (Å²) < 4.78 is 5.89. The van der Waals surface area contributed by atoms with E-state index in [1.54, 1.807) is 0 Å². The van der Waals surface area contributed by atoms with E-state index in [9.17, 15) is 5.11 Å². The quantitative estimate of drug-likeness (QED) is 0.712. The van der Waals surface area contributed by atoms with Crippen LogP contribution in [0.1, 0.15) is 36.4 Å². The fourth-order valence-corrected chi connectivity index (χ4v) is 3.17. The molecule has 5 nitrogen and oxygen atoms in total. The summed E-state index contributed by atoms with van der Waals surface area (Å²) in [5.74, 6) is 0.806. The minimum atomic E-state index is -0.562. The Balaban J connectivity index is 0.000000211. The summed E-state index contributed by atoms with van der Waals surface area (Å²) in [6, 6.07) is 14.2. The highest BCUT2D eigenvalue weighted by molar-refractivity contribution is 5.78. The predicted molar refractivity (Wildman–Crippen MR) is 113 cm³/mol. The number of benzene rings is 2. The molecule has 1 atom stereocenters. The summed E-state index contributed by atoms with van der Waals surface area (Å²) in [5.41, 5.74) is 10.7. The van der Waals surface area contributed by atoms with Gasteiger partial charge in [0.25, 0.3) is 0 Å². The minimum absolute atomic E-state index is 0.503. The van der Waals surface area contributed by atoms with Gasteiger partial charge in [-0.1, -0.05) is 30.3 Å². The van der Waals surface area contributed by atoms with Gasteiger partial charge in [-0.05, 0) is 57.9 Å². The van der Waals surface area contributed by atoms with Crippen LogP contribution in [0.3, 0.4) is 0 Å². The lowest BCUT2D eigenvalue weighted by Gasteiger charge is -2.37. The number of aromatic nitrogens is 2. The van der Waals surface area contributed by atoms with Gasteiger partial charge in [-0.2, -0.15) is 0 Å². The molecule has 1 aromatic heterocycles. The molecule has 1 unspecified atom stereocenters. The molecule has 0 radical (unpaired) electrons. The van der Waals surface area contributed by atoms with E-state index in [1.165, 1.54) is 5.56 Å². The second-order valence-electron chi connectivity index (χ2n) is 7.79. The summed E-state index contributed by atoms with van der Waals surface area (Å²) in [4.78, 5) is 9.09. The van der Waals surface area contributed by atoms with Gasteiger partial charge < -0.3 is 15.6 Å². The smallest absolute Gasteiger partial charge is 0.129 e. The van der Waals surface area contributed by atoms with Crippen molar-refractivity contribution in [1.29, 1.82) is 0 Å². The molecule has 0 spiro atoms. The van der Waals surface area contributed by atoms with Gasteiger partial charge >= 0.3 is 0 Å². The first-order valence-electron chi connectivity index (χ1n) is 9.69. The lowest BCUT2D eigenvalue weighted by Crippen LogP contribution is -2.46. The molecule has 3 N–H and O–H groups in total. The maximum atomic E-state index is 10.1. The number of hydrogen-bond acceptors (Lipinski definition) is 5. The average molecular weight is 380 g/mol. The molecule has 0 aliphatic carbocycles. The molecule has 0 saturated carbocycles. The monoisotopic (exact) mass is 379 g/mol. The van der Waals surface area contributed by atoms with Crippen molar-refractivity contribution >= 4 is 11.0 Å². The van der Waals surface area contributed by atoms with E-state index in [4.69, 9.17) is 10.5 Å². The number of hydrogen-bond donors (Lipinski definition) is 2. The van der Waals surface area contributed by atoms with Crippen LogP contribution < -0.4 is 10.5 Å². The molecule has 148 valence electrons. The molecule has 2 aromatic carbocycles. The number of nitrogens with zero attached hydrogens (tertiary/aromatic N) is 2. The summed E-state index contributed by atoms with van der Waals surface area (Å²) in [5, 5.41) is 10.1. The SMILES string of the molecule is Cc1nc2cc3c(cc2nc1C)OC(C)(C)C(O)C3.NCCc1ccccc1. The fraction of sp³-hybridized carbons (Fsp3) is 0.391. The van der Waals surface area contributed by atoms with Crippen LogP contribution in [0.15, 0.2) is 42.5 Å². The summed E-state index contributed by atoms with van der Waals surface area (Å²) >= 11 is 0. The van der Waals surface area contributed by atoms with Gasteiger partial charge in [0, 0.05) is 12.5 Å². The van der Waals surface area contributed by atoms with Crippen molar-refractivity contribution < 1.29 is 9.84 Å². The maximum Gasteiger partial charge on any atom is 0.129 e. The molecule has 0 saturated heterocycles. The van der Waals surface area contributed by atoms with E-state index < -0.39 is 11.7 Å². The summed E-state index contributed by atoms with van der Waals surface area (Å²) in [6.07, 6.45) is 1.07. The van der Waals surface area contributed by atoms with E-state index in [-0.39, 0.29) is 0 Å². The highest BCUT2D eigenvalue weighted by Crippen LogP contribution is 2.35. The highest BCUT2D eigenvalue weighted by Gasteiger charge is 2.35. The Kier molecular flexibility index (Phi) is 5.96. The zero-order chi connectivity index (χ0) is 20.3. The molecular weight excluding hydrogens is 350 g/mol. The fourth-order valence-electron chi connectivity index (χ4n) is 3.17. The number of nitrogens with two attached hydrogens (primary N) is 1. The Hall–Kier alpha value is -2.50. The molecular formula is C23H29N3O2. The largest absolute Gasteiger partial charge is 0.485 e. The van der Waals surface area contributed by atoms with Crippen molar-refractivity contribution in [2.45, 2.75) is 52.2 Å². The van der Waals surface area contributed by atoms with Gasteiger partial charge in [-0.15, -0.1) is 0 Å². The van der Waals surface area contributed by atoms with Crippen LogP contribution >= 0.6 is 0 Å². The number of fused-ring (bicyclic) bond motifs is 2. The van der Waals surface area contributed by atoms with E-state index in [1.807, 2.05) is 58.0 Å². The third kappa shape index (κ3) is 4.49. The normalized spacial score (nSPS) is 17.3. The molecule has 2 heterocycles. The zero-order valence-corrected chi connectivity index (χ0v) is 17.1. The lowest BCUT2D eigenvalue weighted by atomic mass is 9.91. The van der Waals surface area contributed by atoms with E-state index in [0.717, 1.165) is 46.7 Å². The van der Waals surface area contributed by atoms with Gasteiger partial charge in [0.15, 0.2) is 0 Å². The number of aliphatic hydroxyl groups excluding tert-OH is 1. The Labute approximate surface area is 166 Å². The van der Waals surface area contributed by atoms with Crippen LogP contribution in [0.2, 0.25) is 0 Å². The molecule has 5 heteroatoms. The van der Waals surface area contributed by atoms with Crippen LogP contribution in [-0.4, -0.2) is 33.3 Å². The molecule has 3 aromatic rings. The Morgan fingerprint density at radius 1 is 1.07 bits per heavy atom. The van der Waals surface area contributed by atoms with Crippen molar-refractivity contribution in [3.63, 3.8) is 0 Å². The van der Waals surface area contributed by atoms with Crippen LogP contribution in [-0.2, 0) is 12.8 Å². The Morgan fingerprint density at radius 2 is 1.68 bits per heavy atom. The second kappa shape index (κ2) is 8.25. The van der Waals surface area contributed by atoms with Crippen molar-refractivity contribution in [3.8, 4) is 5.75 Å². The average Bonchev–Trinajstić information content (AvgIpc) is 2.64. The molecule has 4 rings (SSSR count). The first-order valence-corrected chi connectivity index (χ1v) is 9.69. The Bertz CT molecular complexity index is 955. The zero-order valence-electron chi connectivity index (χ0n) is 17.1. The molecule has 0 bridgehead atoms. The van der Waals surface area contributed by atoms with E-state index >= 15 is 0 Å². The number of ether oxygens (including phenoxy) is 1. The van der Waals surface area contributed by atoms with Crippen LogP contribution in [0.4, 0.5) is 0 Å². The van der Waals surface area contributed by atoms with Crippen LogP contribution in [0.25, 0.3) is 11.0 Å². The van der Waals surface area contributed by atoms with Crippen LogP contribution in [0, 0.1) is 13.8 Å². The van der Waals surface area contributed by atoms with E-state index in [2.05, 4.69) is 22.1 Å². The van der Waals surface area contributed by atoms with Crippen molar-refractivity contribution in [1.82, 2.24) is 9.97 Å². The standard InChI is InChI=1S/C15H18N2O2.C8H11N/c1-8-9(2)17-12-7-13-10(5-11(12)16-8)6-14(18)15(3,4)19-13;9-7-6-8-4-2-1-3-5-8/h5,7,14,18H,6H2,1-4H3;1-5H,6-7,9H2. The second-order valence-corrected chi connectivity index (χ2v) is 7.79. The summed E-state index contributed by atoms with van der Waals surface area (Å²) in [7, 11) is 0. The highest BCUT2D eigenvalue weighted by atomic mass is 16.5. The van der Waals surface area contributed by atoms with Gasteiger partial charge in [0.2, 0.25) is 0 Å². The van der Waals surface area contributed by atoms with Crippen molar-refractivity contribution in [3.05, 3.63) is 65.0 Å². The minimum Gasteiger partial charge on any atom is -0.485 e. The van der Waals surface area contributed by atoms with E-state index in [0.29, 0.717) is 6.42 Å². The lowest BCUT2D eigenvalue weighted by molar-refractivity contribution is -0.0410. The molecule has 1 aliphatic heterocycles. The molecule has 28 heavy (non-hydrogen) atoms. The number of aliphatic hydroxyl groups is 1. The molecule has 0 fully saturated rings. The number of rotatable bonds is 2. The Morgan fingerprint density at radius 3 is 2.29 bits per heavy atom. The summed E-state index contributed by atoms with van der Waals surface area (Å²) in [6.45, 7) is 8.45. The van der Waals surface area contributed by atoms with Crippen molar-refractivity contribution in [2.24, 2.45) is 5.73 Å². The van der Waals surface area contributed by atoms with Gasteiger partial charge in [0.1, 0.15) is 11.4 Å². The topological polar surface area (TPSA) is 81.3 Å². The van der Waals surface area contributed by atoms with Gasteiger partial charge in [-0.3, -0.25) is 0 Å². The maximum absolute atomic E-state index is 10.1. The first kappa shape index (κ1) is 20.2.